The van der Waals surface area contributed by atoms with Gasteiger partial charge in [-0.3, -0.25) is 4.79 Å². The van der Waals surface area contributed by atoms with Gasteiger partial charge in [0.05, 0.1) is 0 Å². The average Bonchev–Trinajstić information content (AvgIpc) is 2.13. The molecule has 0 fully saturated rings. The summed E-state index contributed by atoms with van der Waals surface area (Å²) in [6, 6.07) is 0. The van der Waals surface area contributed by atoms with E-state index in [9.17, 15) is 4.79 Å². The Bertz CT molecular complexity index is 202. The van der Waals surface area contributed by atoms with Crippen molar-refractivity contribution in [2.24, 2.45) is 5.41 Å². The first-order valence-corrected chi connectivity index (χ1v) is 5.93. The first-order chi connectivity index (χ1) is 7.37. The number of carbonyl (C=O) groups is 1. The molecule has 0 aromatic rings. The molecule has 0 rings (SSSR count). The highest BCUT2D eigenvalue weighted by Gasteiger charge is 2.19. The Hall–Kier alpha value is -0.610. The fourth-order valence-electron chi connectivity index (χ4n) is 1.76. The van der Waals surface area contributed by atoms with Crippen molar-refractivity contribution in [3.8, 4) is 0 Å². The van der Waals surface area contributed by atoms with Crippen LogP contribution in [-0.4, -0.2) is 51.6 Å². The van der Waals surface area contributed by atoms with E-state index in [1.807, 2.05) is 7.05 Å². The summed E-state index contributed by atoms with van der Waals surface area (Å²) in [5, 5.41) is 6.03. The van der Waals surface area contributed by atoms with E-state index in [4.69, 9.17) is 0 Å². The maximum atomic E-state index is 11.5. The molecule has 0 bridgehead atoms. The van der Waals surface area contributed by atoms with Crippen LogP contribution in [0.1, 0.15) is 26.7 Å². The molecule has 96 valence electrons. The third kappa shape index (κ3) is 8.68. The second-order valence-electron chi connectivity index (χ2n) is 5.39. The zero-order chi connectivity index (χ0) is 12.6. The third-order valence-corrected chi connectivity index (χ3v) is 2.34. The van der Waals surface area contributed by atoms with E-state index in [1.54, 1.807) is 0 Å². The van der Waals surface area contributed by atoms with Gasteiger partial charge < -0.3 is 15.5 Å². The average molecular weight is 229 g/mol. The summed E-state index contributed by atoms with van der Waals surface area (Å²) in [5.41, 5.74) is 0.127. The van der Waals surface area contributed by atoms with Crippen molar-refractivity contribution in [3.05, 3.63) is 0 Å². The lowest BCUT2D eigenvalue weighted by Gasteiger charge is -2.28. The molecule has 2 N–H and O–H groups in total. The summed E-state index contributed by atoms with van der Waals surface area (Å²) in [6.07, 6.45) is 1.51. The fourth-order valence-corrected chi connectivity index (χ4v) is 1.76. The van der Waals surface area contributed by atoms with Crippen LogP contribution in [0.5, 0.6) is 0 Å². The molecule has 0 aromatic heterocycles. The highest BCUT2D eigenvalue weighted by atomic mass is 16.1. The maximum absolute atomic E-state index is 11.5. The van der Waals surface area contributed by atoms with Gasteiger partial charge in [0.25, 0.3) is 0 Å². The van der Waals surface area contributed by atoms with E-state index in [0.717, 1.165) is 26.1 Å². The van der Waals surface area contributed by atoms with Crippen LogP contribution < -0.4 is 10.6 Å². The molecule has 1 amide bonds. The first-order valence-electron chi connectivity index (χ1n) is 5.93. The third-order valence-electron chi connectivity index (χ3n) is 2.34. The lowest BCUT2D eigenvalue weighted by Crippen LogP contribution is -2.40. The maximum Gasteiger partial charge on any atom is 0.220 e. The van der Waals surface area contributed by atoms with E-state index < -0.39 is 0 Å². The second-order valence-corrected chi connectivity index (χ2v) is 5.39. The summed E-state index contributed by atoms with van der Waals surface area (Å²) in [7, 11) is 6.01. The molecule has 0 atom stereocenters. The van der Waals surface area contributed by atoms with Crippen molar-refractivity contribution < 1.29 is 4.79 Å². The summed E-state index contributed by atoms with van der Waals surface area (Å²) >= 11 is 0. The van der Waals surface area contributed by atoms with Crippen molar-refractivity contribution in [1.82, 2.24) is 15.5 Å². The molecular weight excluding hydrogens is 202 g/mol. The summed E-state index contributed by atoms with van der Waals surface area (Å²) in [4.78, 5) is 13.6. The number of amides is 1. The zero-order valence-electron chi connectivity index (χ0n) is 11.4. The molecule has 0 heterocycles. The molecule has 0 aliphatic rings. The van der Waals surface area contributed by atoms with Crippen LogP contribution in [-0.2, 0) is 4.79 Å². The number of hydrogen-bond donors (Lipinski definition) is 2. The summed E-state index contributed by atoms with van der Waals surface area (Å²) < 4.78 is 0. The van der Waals surface area contributed by atoms with E-state index in [2.05, 4.69) is 43.5 Å². The lowest BCUT2D eigenvalue weighted by molar-refractivity contribution is -0.121. The van der Waals surface area contributed by atoms with Crippen LogP contribution in [0.25, 0.3) is 0 Å². The molecule has 0 aromatic carbocycles. The van der Waals surface area contributed by atoms with Gasteiger partial charge in [-0.25, -0.2) is 0 Å². The minimum absolute atomic E-state index is 0.127. The second kappa shape index (κ2) is 7.63. The van der Waals surface area contributed by atoms with Gasteiger partial charge in [-0.1, -0.05) is 13.8 Å². The molecule has 0 saturated carbocycles. The highest BCUT2D eigenvalue weighted by Crippen LogP contribution is 2.14. The Labute approximate surface area is 99.8 Å². The highest BCUT2D eigenvalue weighted by molar-refractivity contribution is 5.75. The Morgan fingerprint density at radius 1 is 1.31 bits per heavy atom. The smallest absolute Gasteiger partial charge is 0.220 e. The minimum Gasteiger partial charge on any atom is -0.356 e. The first kappa shape index (κ1) is 15.4. The van der Waals surface area contributed by atoms with Crippen molar-refractivity contribution in [3.63, 3.8) is 0 Å². The quantitative estimate of drug-likeness (QED) is 0.602. The Kier molecular flexibility index (Phi) is 7.34. The van der Waals surface area contributed by atoms with Crippen molar-refractivity contribution in [2.45, 2.75) is 26.7 Å². The molecule has 0 saturated heterocycles. The Morgan fingerprint density at radius 3 is 2.44 bits per heavy atom. The molecule has 16 heavy (non-hydrogen) atoms. The van der Waals surface area contributed by atoms with Gasteiger partial charge in [0.15, 0.2) is 0 Å². The zero-order valence-corrected chi connectivity index (χ0v) is 11.4. The Balaban J connectivity index is 3.72. The van der Waals surface area contributed by atoms with Crippen LogP contribution >= 0.6 is 0 Å². The number of rotatable bonds is 8. The molecule has 0 aliphatic heterocycles. The van der Waals surface area contributed by atoms with Gasteiger partial charge in [-0.2, -0.15) is 0 Å². The van der Waals surface area contributed by atoms with Crippen LogP contribution in [0.4, 0.5) is 0 Å². The number of nitrogens with one attached hydrogen (secondary N) is 2. The molecule has 4 heteroatoms. The predicted octanol–water partition coefficient (Wildman–Crippen LogP) is 0.690. The van der Waals surface area contributed by atoms with Crippen molar-refractivity contribution >= 4 is 5.91 Å². The topological polar surface area (TPSA) is 44.4 Å². The van der Waals surface area contributed by atoms with Gasteiger partial charge in [0.2, 0.25) is 5.91 Å². The van der Waals surface area contributed by atoms with Gasteiger partial charge in [0, 0.05) is 19.5 Å². The number of nitrogens with zero attached hydrogens (tertiary/aromatic N) is 1. The number of carbonyl (C=O) groups excluding carboxylic acids is 1. The van der Waals surface area contributed by atoms with Crippen molar-refractivity contribution in [2.75, 3.05) is 40.8 Å². The van der Waals surface area contributed by atoms with Gasteiger partial charge in [-0.15, -0.1) is 0 Å². The van der Waals surface area contributed by atoms with Gasteiger partial charge >= 0.3 is 0 Å². The SMILES string of the molecule is CNCCCC(=O)NCC(C)(C)CN(C)C. The Morgan fingerprint density at radius 2 is 1.94 bits per heavy atom. The van der Waals surface area contributed by atoms with E-state index in [1.165, 1.54) is 0 Å². The standard InChI is InChI=1S/C12H27N3O/c1-12(2,10-15(4)5)9-14-11(16)7-6-8-13-3/h13H,6-10H2,1-5H3,(H,14,16). The summed E-state index contributed by atoms with van der Waals surface area (Å²) in [5.74, 6) is 0.155. The summed E-state index contributed by atoms with van der Waals surface area (Å²) in [6.45, 7) is 6.95. The fraction of sp³-hybridized carbons (Fsp3) is 0.917. The monoisotopic (exact) mass is 229 g/mol. The molecule has 4 nitrogen and oxygen atoms in total. The molecule has 0 radical (unpaired) electrons. The van der Waals surface area contributed by atoms with E-state index in [-0.39, 0.29) is 11.3 Å². The van der Waals surface area contributed by atoms with Crippen LogP contribution in [0, 0.1) is 5.41 Å². The van der Waals surface area contributed by atoms with Crippen LogP contribution in [0.15, 0.2) is 0 Å². The minimum atomic E-state index is 0.127. The normalized spacial score (nSPS) is 11.9. The number of hydrogen-bond acceptors (Lipinski definition) is 3. The van der Waals surface area contributed by atoms with Gasteiger partial charge in [0.1, 0.15) is 0 Å². The lowest BCUT2D eigenvalue weighted by atomic mass is 9.93. The van der Waals surface area contributed by atoms with Gasteiger partial charge in [-0.05, 0) is 39.5 Å². The predicted molar refractivity (Wildman–Crippen MR) is 68.5 cm³/mol. The van der Waals surface area contributed by atoms with Crippen molar-refractivity contribution in [1.29, 1.82) is 0 Å². The molecule has 0 unspecified atom stereocenters. The van der Waals surface area contributed by atoms with Crippen LogP contribution in [0.3, 0.4) is 0 Å². The molecular formula is C12H27N3O. The largest absolute Gasteiger partial charge is 0.356 e. The van der Waals surface area contributed by atoms with Crippen LogP contribution in [0.2, 0.25) is 0 Å². The molecule has 0 aliphatic carbocycles. The molecule has 0 spiro atoms. The van der Waals surface area contributed by atoms with E-state index in [0.29, 0.717) is 6.42 Å². The van der Waals surface area contributed by atoms with E-state index >= 15 is 0 Å².